The van der Waals surface area contributed by atoms with Crippen LogP contribution in [0.5, 0.6) is 5.75 Å². The van der Waals surface area contributed by atoms with Crippen molar-refractivity contribution >= 4 is 17.6 Å². The highest BCUT2D eigenvalue weighted by atomic mass is 16.5. The number of rotatable bonds is 14. The number of carbonyl (C=O) groups excluding carboxylic acids is 3. The zero-order chi connectivity index (χ0) is 30.3. The number of Topliss-reactive ketones (excluding diaryl/α,β-unsaturated/α-hetero) is 1. The van der Waals surface area contributed by atoms with Gasteiger partial charge >= 0.3 is 0 Å². The monoisotopic (exact) mass is 585 g/mol. The van der Waals surface area contributed by atoms with Crippen LogP contribution in [0.3, 0.4) is 0 Å². The van der Waals surface area contributed by atoms with Gasteiger partial charge in [0.15, 0.2) is 0 Å². The first-order chi connectivity index (χ1) is 20.9. The largest absolute Gasteiger partial charge is 0.493 e. The summed E-state index contributed by atoms with van der Waals surface area (Å²) < 4.78 is 5.79. The van der Waals surface area contributed by atoms with Gasteiger partial charge in [-0.05, 0) is 90.0 Å². The second-order valence-corrected chi connectivity index (χ2v) is 13.5. The number of likely N-dealkylation sites (tertiary alicyclic amines) is 1. The number of unbranched alkanes of at least 4 members (excludes halogenated alkanes) is 1. The Morgan fingerprint density at radius 3 is 2.58 bits per heavy atom. The summed E-state index contributed by atoms with van der Waals surface area (Å²) in [6.07, 6.45) is 11.2. The maximum atomic E-state index is 13.8. The van der Waals surface area contributed by atoms with Crippen molar-refractivity contribution in [2.24, 2.45) is 17.8 Å². The average Bonchev–Trinajstić information content (AvgIpc) is 3.60. The lowest BCUT2D eigenvalue weighted by atomic mass is 9.64. The van der Waals surface area contributed by atoms with E-state index >= 15 is 0 Å². The number of imide groups is 1. The Labute approximate surface area is 258 Å². The standard InChI is InChI=1S/C38H51NO4/c1-4-6-10-31(30-11-7-9-27(20-30)8-5-2)25-34(40)22-28-21-29(16-18-39-37(41)14-15-38(39)42)26(3)35(23-28)32-12-13-36-33(24-32)17-19-43-36/h7,9,11-13,20,24,26,28-29,31,35H,4-6,8,10,14-19,21-23,25H2,1-3H3/t26?,28?,29-,31?,35?/m1/s1. The average molecular weight is 586 g/mol. The molecule has 2 aromatic rings. The van der Waals surface area contributed by atoms with Crippen LogP contribution in [0.15, 0.2) is 42.5 Å². The van der Waals surface area contributed by atoms with Gasteiger partial charge in [-0.25, -0.2) is 0 Å². The number of nitrogens with zero attached hydrogens (tertiary/aromatic N) is 1. The van der Waals surface area contributed by atoms with Crippen LogP contribution in [0, 0.1) is 17.8 Å². The molecule has 4 unspecified atom stereocenters. The zero-order valence-electron chi connectivity index (χ0n) is 26.6. The molecule has 1 saturated heterocycles. The van der Waals surface area contributed by atoms with Crippen molar-refractivity contribution in [3.63, 3.8) is 0 Å². The van der Waals surface area contributed by atoms with Crippen molar-refractivity contribution < 1.29 is 19.1 Å². The molecule has 5 atom stereocenters. The minimum atomic E-state index is -0.0310. The summed E-state index contributed by atoms with van der Waals surface area (Å²) in [6.45, 7) is 8.04. The van der Waals surface area contributed by atoms with Gasteiger partial charge in [-0.2, -0.15) is 0 Å². The van der Waals surface area contributed by atoms with Crippen molar-refractivity contribution in [2.75, 3.05) is 13.2 Å². The summed E-state index contributed by atoms with van der Waals surface area (Å²) in [6, 6.07) is 15.6. The summed E-state index contributed by atoms with van der Waals surface area (Å²) in [5.41, 5.74) is 5.33. The van der Waals surface area contributed by atoms with Crippen LogP contribution in [0.25, 0.3) is 0 Å². The van der Waals surface area contributed by atoms with Crippen molar-refractivity contribution in [3.8, 4) is 5.75 Å². The van der Waals surface area contributed by atoms with Gasteiger partial charge in [0.1, 0.15) is 11.5 Å². The molecule has 2 heterocycles. The molecule has 2 fully saturated rings. The Balaban J connectivity index is 1.31. The lowest BCUT2D eigenvalue weighted by Crippen LogP contribution is -2.36. The SMILES string of the molecule is CCCCC(CC(=O)CC1CC(c2ccc3c(c2)CCO3)C(C)[C@H](CCN2C(=O)CCC2=O)C1)c1cccc(CCC)c1. The fraction of sp³-hybridized carbons (Fsp3) is 0.605. The lowest BCUT2D eigenvalue weighted by molar-refractivity contribution is -0.138. The maximum Gasteiger partial charge on any atom is 0.229 e. The van der Waals surface area contributed by atoms with Crippen molar-refractivity contribution in [2.45, 2.75) is 116 Å². The first-order valence-corrected chi connectivity index (χ1v) is 17.1. The summed E-state index contributed by atoms with van der Waals surface area (Å²) in [4.78, 5) is 40.0. The number of amides is 2. The quantitative estimate of drug-likeness (QED) is 0.210. The number of hydrogen-bond donors (Lipinski definition) is 0. The van der Waals surface area contributed by atoms with Gasteiger partial charge in [-0.3, -0.25) is 19.3 Å². The predicted octanol–water partition coefficient (Wildman–Crippen LogP) is 8.18. The number of ether oxygens (including phenoxy) is 1. The molecule has 2 amide bonds. The van der Waals surface area contributed by atoms with Crippen molar-refractivity contribution in [1.82, 2.24) is 4.90 Å². The topological polar surface area (TPSA) is 63.7 Å². The third-order valence-electron chi connectivity index (χ3n) is 10.5. The van der Waals surface area contributed by atoms with E-state index in [4.69, 9.17) is 4.74 Å². The van der Waals surface area contributed by atoms with Gasteiger partial charge in [0.25, 0.3) is 0 Å². The molecule has 0 spiro atoms. The van der Waals surface area contributed by atoms with Gasteiger partial charge in [0, 0.05) is 38.6 Å². The molecule has 232 valence electrons. The Morgan fingerprint density at radius 1 is 1.00 bits per heavy atom. The number of hydrogen-bond acceptors (Lipinski definition) is 4. The first kappa shape index (κ1) is 31.5. The third kappa shape index (κ3) is 7.77. The fourth-order valence-electron chi connectivity index (χ4n) is 8.04. The van der Waals surface area contributed by atoms with E-state index in [1.165, 1.54) is 27.2 Å². The molecular weight excluding hydrogens is 534 g/mol. The molecule has 1 saturated carbocycles. The van der Waals surface area contributed by atoms with E-state index in [1.807, 2.05) is 0 Å². The van der Waals surface area contributed by atoms with Crippen LogP contribution in [0.2, 0.25) is 0 Å². The molecule has 5 nitrogen and oxygen atoms in total. The summed E-state index contributed by atoms with van der Waals surface area (Å²) >= 11 is 0. The van der Waals surface area contributed by atoms with Crippen LogP contribution in [0.1, 0.15) is 125 Å². The highest BCUT2D eigenvalue weighted by Gasteiger charge is 2.38. The normalized spacial score (nSPS) is 24.2. The molecule has 0 bridgehead atoms. The molecule has 1 aliphatic carbocycles. The second kappa shape index (κ2) is 14.7. The van der Waals surface area contributed by atoms with Crippen LogP contribution in [-0.4, -0.2) is 35.6 Å². The van der Waals surface area contributed by atoms with Crippen molar-refractivity contribution in [1.29, 1.82) is 0 Å². The van der Waals surface area contributed by atoms with Crippen LogP contribution in [0.4, 0.5) is 0 Å². The third-order valence-corrected chi connectivity index (χ3v) is 10.5. The molecule has 0 aromatic heterocycles. The Morgan fingerprint density at radius 2 is 1.81 bits per heavy atom. The number of carbonyl (C=O) groups is 3. The van der Waals surface area contributed by atoms with Gasteiger partial charge in [-0.1, -0.05) is 76.4 Å². The van der Waals surface area contributed by atoms with Crippen LogP contribution >= 0.6 is 0 Å². The van der Waals surface area contributed by atoms with Gasteiger partial charge in [0.2, 0.25) is 11.8 Å². The second-order valence-electron chi connectivity index (χ2n) is 13.5. The minimum absolute atomic E-state index is 0.0310. The lowest BCUT2D eigenvalue weighted by Gasteiger charge is -2.41. The van der Waals surface area contributed by atoms with Crippen LogP contribution in [-0.2, 0) is 27.2 Å². The van der Waals surface area contributed by atoms with E-state index in [0.717, 1.165) is 70.1 Å². The molecule has 2 aliphatic heterocycles. The summed E-state index contributed by atoms with van der Waals surface area (Å²) in [7, 11) is 0. The maximum absolute atomic E-state index is 13.8. The molecule has 5 rings (SSSR count). The molecule has 43 heavy (non-hydrogen) atoms. The zero-order valence-corrected chi connectivity index (χ0v) is 26.6. The van der Waals surface area contributed by atoms with E-state index in [0.29, 0.717) is 61.7 Å². The Kier molecular flexibility index (Phi) is 10.7. The molecular formula is C38H51NO4. The highest BCUT2D eigenvalue weighted by Crippen LogP contribution is 2.47. The van der Waals surface area contributed by atoms with E-state index in [2.05, 4.69) is 63.2 Å². The number of fused-ring (bicyclic) bond motifs is 1. The fourth-order valence-corrected chi connectivity index (χ4v) is 8.04. The molecule has 5 heteroatoms. The number of ketones is 1. The molecule has 2 aromatic carbocycles. The summed E-state index contributed by atoms with van der Waals surface area (Å²) in [5.74, 6) is 3.05. The van der Waals surface area contributed by atoms with Gasteiger partial charge in [-0.15, -0.1) is 0 Å². The van der Waals surface area contributed by atoms with Crippen molar-refractivity contribution in [3.05, 3.63) is 64.7 Å². The highest BCUT2D eigenvalue weighted by molar-refractivity contribution is 6.01. The minimum Gasteiger partial charge on any atom is -0.493 e. The van der Waals surface area contributed by atoms with E-state index < -0.39 is 0 Å². The summed E-state index contributed by atoms with van der Waals surface area (Å²) in [5, 5.41) is 0. The predicted molar refractivity (Wildman–Crippen MR) is 171 cm³/mol. The van der Waals surface area contributed by atoms with Crippen LogP contribution < -0.4 is 4.74 Å². The van der Waals surface area contributed by atoms with Gasteiger partial charge < -0.3 is 4.74 Å². The van der Waals surface area contributed by atoms with Gasteiger partial charge in [0.05, 0.1) is 6.61 Å². The molecule has 0 N–H and O–H groups in total. The van der Waals surface area contributed by atoms with E-state index in [-0.39, 0.29) is 17.7 Å². The van der Waals surface area contributed by atoms with E-state index in [1.54, 1.807) is 0 Å². The number of aryl methyl sites for hydroxylation is 1. The van der Waals surface area contributed by atoms with E-state index in [9.17, 15) is 14.4 Å². The molecule has 0 radical (unpaired) electrons. The first-order valence-electron chi connectivity index (χ1n) is 17.1. The Hall–Kier alpha value is -2.95. The smallest absolute Gasteiger partial charge is 0.229 e. The number of benzene rings is 2. The molecule has 3 aliphatic rings. The Bertz CT molecular complexity index is 1270.